The van der Waals surface area contributed by atoms with Gasteiger partial charge in [0.15, 0.2) is 0 Å². The van der Waals surface area contributed by atoms with Crippen LogP contribution in [-0.4, -0.2) is 23.8 Å². The van der Waals surface area contributed by atoms with Gasteiger partial charge in [0, 0.05) is 12.6 Å². The van der Waals surface area contributed by atoms with E-state index < -0.39 is 0 Å². The Morgan fingerprint density at radius 3 is 2.65 bits per heavy atom. The fraction of sp³-hybridized carbons (Fsp3) is 0.647. The number of rotatable bonds is 4. The molecule has 0 bridgehead atoms. The van der Waals surface area contributed by atoms with E-state index >= 15 is 0 Å². The predicted octanol–water partition coefficient (Wildman–Crippen LogP) is 3.21. The fourth-order valence-electron chi connectivity index (χ4n) is 3.59. The Hall–Kier alpha value is -0.930. The molecule has 20 heavy (non-hydrogen) atoms. The van der Waals surface area contributed by atoms with Crippen molar-refractivity contribution >= 4 is 0 Å². The van der Waals surface area contributed by atoms with Crippen LogP contribution < -0.4 is 5.32 Å². The van der Waals surface area contributed by atoms with Gasteiger partial charge in [-0.15, -0.1) is 0 Å². The zero-order chi connectivity index (χ0) is 13.9. The number of hydrogen-bond acceptors (Lipinski definition) is 2. The highest BCUT2D eigenvalue weighted by molar-refractivity contribution is 5.24. The van der Waals surface area contributed by atoms with Crippen LogP contribution in [0.5, 0.6) is 0 Å². The molecule has 1 aromatic carbocycles. The van der Waals surface area contributed by atoms with Crippen molar-refractivity contribution in [1.82, 2.24) is 5.32 Å². The minimum Gasteiger partial charge on any atom is -0.393 e. The number of halogens is 1. The maximum atomic E-state index is 13.7. The summed E-state index contributed by atoms with van der Waals surface area (Å²) in [7, 11) is 0. The molecular formula is C17H24FNO. The Morgan fingerprint density at radius 2 is 1.90 bits per heavy atom. The number of nitrogens with one attached hydrogen (secondary N) is 1. The van der Waals surface area contributed by atoms with Crippen molar-refractivity contribution in [3.05, 3.63) is 35.6 Å². The third-order valence-corrected chi connectivity index (χ3v) is 5.02. The summed E-state index contributed by atoms with van der Waals surface area (Å²) >= 11 is 0. The van der Waals surface area contributed by atoms with Gasteiger partial charge in [0.05, 0.1) is 6.10 Å². The number of benzene rings is 1. The molecule has 0 aromatic heterocycles. The van der Waals surface area contributed by atoms with Crippen LogP contribution in [0.3, 0.4) is 0 Å². The Balaban J connectivity index is 1.43. The fourth-order valence-corrected chi connectivity index (χ4v) is 3.59. The maximum absolute atomic E-state index is 13.7. The first kappa shape index (κ1) is 14.0. The molecule has 0 heterocycles. The molecule has 2 unspecified atom stereocenters. The summed E-state index contributed by atoms with van der Waals surface area (Å²) in [6.07, 6.45) is 6.40. The van der Waals surface area contributed by atoms with Crippen LogP contribution in [0, 0.1) is 11.7 Å². The van der Waals surface area contributed by atoms with E-state index in [0.717, 1.165) is 44.2 Å². The van der Waals surface area contributed by atoms with E-state index in [9.17, 15) is 9.50 Å². The molecule has 2 nitrogen and oxygen atoms in total. The van der Waals surface area contributed by atoms with Crippen LogP contribution in [0.2, 0.25) is 0 Å². The normalized spacial score (nSPS) is 33.7. The van der Waals surface area contributed by atoms with Crippen LogP contribution in [0.15, 0.2) is 24.3 Å². The smallest absolute Gasteiger partial charge is 0.126 e. The molecule has 0 radical (unpaired) electrons. The molecule has 2 N–H and O–H groups in total. The van der Waals surface area contributed by atoms with E-state index in [1.165, 1.54) is 6.42 Å². The summed E-state index contributed by atoms with van der Waals surface area (Å²) in [5, 5.41) is 13.5. The molecule has 2 fully saturated rings. The second-order valence-corrected chi connectivity index (χ2v) is 6.41. The molecule has 110 valence electrons. The molecule has 0 saturated heterocycles. The SMILES string of the molecule is OC1CCCCC1CNC1CC(c2ccccc2F)C1. The number of hydrogen-bond donors (Lipinski definition) is 2. The Kier molecular flexibility index (Phi) is 4.37. The van der Waals surface area contributed by atoms with Gasteiger partial charge >= 0.3 is 0 Å². The highest BCUT2D eigenvalue weighted by Gasteiger charge is 2.32. The number of aliphatic hydroxyl groups is 1. The third kappa shape index (κ3) is 3.04. The quantitative estimate of drug-likeness (QED) is 0.885. The topological polar surface area (TPSA) is 32.3 Å². The Labute approximate surface area is 120 Å². The van der Waals surface area contributed by atoms with Gasteiger partial charge in [-0.05, 0) is 49.1 Å². The second-order valence-electron chi connectivity index (χ2n) is 6.41. The molecule has 2 aliphatic carbocycles. The van der Waals surface area contributed by atoms with Crippen molar-refractivity contribution < 1.29 is 9.50 Å². The average molecular weight is 277 g/mol. The van der Waals surface area contributed by atoms with Crippen molar-refractivity contribution in [3.63, 3.8) is 0 Å². The molecule has 3 rings (SSSR count). The van der Waals surface area contributed by atoms with E-state index in [0.29, 0.717) is 17.9 Å². The van der Waals surface area contributed by atoms with Crippen molar-refractivity contribution in [2.75, 3.05) is 6.54 Å². The second kappa shape index (κ2) is 6.23. The van der Waals surface area contributed by atoms with Gasteiger partial charge in [0.1, 0.15) is 5.82 Å². The average Bonchev–Trinajstić information content (AvgIpc) is 2.41. The summed E-state index contributed by atoms with van der Waals surface area (Å²) in [4.78, 5) is 0. The molecule has 0 spiro atoms. The predicted molar refractivity (Wildman–Crippen MR) is 78.1 cm³/mol. The molecule has 0 aliphatic heterocycles. The van der Waals surface area contributed by atoms with Gasteiger partial charge in [0.25, 0.3) is 0 Å². The van der Waals surface area contributed by atoms with Gasteiger partial charge < -0.3 is 10.4 Å². The molecule has 1 aromatic rings. The van der Waals surface area contributed by atoms with Crippen LogP contribution >= 0.6 is 0 Å². The van der Waals surface area contributed by atoms with Crippen molar-refractivity contribution in [1.29, 1.82) is 0 Å². The number of aliphatic hydroxyl groups excluding tert-OH is 1. The molecule has 2 saturated carbocycles. The standard InChI is InChI=1S/C17H24FNO/c18-16-7-3-2-6-15(16)13-9-14(10-13)19-11-12-5-1-4-8-17(12)20/h2-3,6-7,12-14,17,19-20H,1,4-5,8-11H2. The van der Waals surface area contributed by atoms with Crippen molar-refractivity contribution in [2.45, 2.75) is 56.6 Å². The first-order valence-electron chi connectivity index (χ1n) is 7.90. The van der Waals surface area contributed by atoms with E-state index in [-0.39, 0.29) is 11.9 Å². The van der Waals surface area contributed by atoms with Gasteiger partial charge in [-0.2, -0.15) is 0 Å². The molecule has 3 heteroatoms. The zero-order valence-corrected chi connectivity index (χ0v) is 11.9. The molecular weight excluding hydrogens is 253 g/mol. The third-order valence-electron chi connectivity index (χ3n) is 5.02. The van der Waals surface area contributed by atoms with E-state index in [1.807, 2.05) is 12.1 Å². The van der Waals surface area contributed by atoms with E-state index in [2.05, 4.69) is 5.32 Å². The summed E-state index contributed by atoms with van der Waals surface area (Å²) in [6, 6.07) is 7.61. The summed E-state index contributed by atoms with van der Waals surface area (Å²) in [5.74, 6) is 0.708. The zero-order valence-electron chi connectivity index (χ0n) is 11.9. The molecule has 2 aliphatic rings. The molecule has 0 amide bonds. The van der Waals surface area contributed by atoms with Crippen molar-refractivity contribution in [2.24, 2.45) is 5.92 Å². The minimum absolute atomic E-state index is 0.0707. The van der Waals surface area contributed by atoms with Gasteiger partial charge in [0.2, 0.25) is 0 Å². The summed E-state index contributed by atoms with van der Waals surface area (Å²) < 4.78 is 13.7. The van der Waals surface area contributed by atoms with Gasteiger partial charge in [-0.25, -0.2) is 4.39 Å². The van der Waals surface area contributed by atoms with Gasteiger partial charge in [-0.1, -0.05) is 31.0 Å². The lowest BCUT2D eigenvalue weighted by atomic mass is 9.75. The molecule has 2 atom stereocenters. The van der Waals surface area contributed by atoms with Crippen LogP contribution in [0.4, 0.5) is 4.39 Å². The largest absolute Gasteiger partial charge is 0.393 e. The first-order valence-corrected chi connectivity index (χ1v) is 7.90. The monoisotopic (exact) mass is 277 g/mol. The Morgan fingerprint density at radius 1 is 1.15 bits per heavy atom. The van der Waals surface area contributed by atoms with Crippen molar-refractivity contribution in [3.8, 4) is 0 Å². The Bertz CT molecular complexity index is 444. The van der Waals surface area contributed by atoms with E-state index in [4.69, 9.17) is 0 Å². The lowest BCUT2D eigenvalue weighted by Gasteiger charge is -2.38. The van der Waals surface area contributed by atoms with Crippen LogP contribution in [0.25, 0.3) is 0 Å². The van der Waals surface area contributed by atoms with Crippen LogP contribution in [-0.2, 0) is 0 Å². The maximum Gasteiger partial charge on any atom is 0.126 e. The van der Waals surface area contributed by atoms with Gasteiger partial charge in [-0.3, -0.25) is 0 Å². The lowest BCUT2D eigenvalue weighted by molar-refractivity contribution is 0.0655. The van der Waals surface area contributed by atoms with Crippen LogP contribution in [0.1, 0.15) is 50.0 Å². The minimum atomic E-state index is -0.126. The lowest BCUT2D eigenvalue weighted by Crippen LogP contribution is -2.44. The summed E-state index contributed by atoms with van der Waals surface area (Å²) in [5.41, 5.74) is 0.864. The highest BCUT2D eigenvalue weighted by Crippen LogP contribution is 2.38. The highest BCUT2D eigenvalue weighted by atomic mass is 19.1. The first-order chi connectivity index (χ1) is 9.74. The summed E-state index contributed by atoms with van der Waals surface area (Å²) in [6.45, 7) is 0.913. The van der Waals surface area contributed by atoms with E-state index in [1.54, 1.807) is 12.1 Å².